The molecular formula is C68H45N7. The Bertz CT molecular complexity index is 4340. The summed E-state index contributed by atoms with van der Waals surface area (Å²) in [4.78, 5) is 12.8. The second-order valence-electron chi connectivity index (χ2n) is 19.0. The summed E-state index contributed by atoms with van der Waals surface area (Å²) < 4.78 is 9.34. The number of aromatic nitrogens is 6. The Balaban J connectivity index is 0.887. The van der Waals surface area contributed by atoms with Crippen molar-refractivity contribution in [2.45, 2.75) is 0 Å². The van der Waals surface area contributed by atoms with Crippen LogP contribution in [0.15, 0.2) is 273 Å². The summed E-state index contributed by atoms with van der Waals surface area (Å²) in [7, 11) is 0. The summed E-state index contributed by atoms with van der Waals surface area (Å²) in [6, 6.07) is 97.4. The summed E-state index contributed by atoms with van der Waals surface area (Å²) >= 11 is 0. The van der Waals surface area contributed by atoms with Crippen molar-refractivity contribution < 1.29 is 0 Å². The Hall–Kier alpha value is -10.2. The molecule has 0 atom stereocenters. The van der Waals surface area contributed by atoms with Gasteiger partial charge in [0.1, 0.15) is 11.6 Å². The van der Waals surface area contributed by atoms with Crippen LogP contribution in [0.5, 0.6) is 0 Å². The lowest BCUT2D eigenvalue weighted by Crippen LogP contribution is -2.11. The predicted octanol–water partition coefficient (Wildman–Crippen LogP) is 17.4. The molecule has 4 heterocycles. The van der Waals surface area contributed by atoms with Crippen molar-refractivity contribution >= 4 is 82.7 Å². The fraction of sp³-hybridized carbons (Fsp3) is 0. The number of rotatable bonds is 9. The SMILES string of the molecule is c1ccc(N(c2cccc3c2c2ccccc2n3-c2ccc(-c3nc4ccccc4n3-c3ccccc3)cc2)c2cccc3c2c2ccccc2n3-c2ccc(-c3nc4ccccc4n3-c3ccccc3)cc2)cc1. The van der Waals surface area contributed by atoms with Gasteiger partial charge in [0, 0.05) is 61.1 Å². The van der Waals surface area contributed by atoms with Crippen LogP contribution in [0.4, 0.5) is 17.1 Å². The van der Waals surface area contributed by atoms with Crippen molar-refractivity contribution in [3.8, 4) is 45.5 Å². The second kappa shape index (κ2) is 17.2. The summed E-state index contributed by atoms with van der Waals surface area (Å²) in [6.07, 6.45) is 0. The third-order valence-electron chi connectivity index (χ3n) is 14.8. The summed E-state index contributed by atoms with van der Waals surface area (Å²) in [5, 5.41) is 4.69. The van der Waals surface area contributed by atoms with E-state index in [1.807, 2.05) is 0 Å². The minimum atomic E-state index is 0.907. The van der Waals surface area contributed by atoms with E-state index in [9.17, 15) is 0 Å². The molecule has 0 fully saturated rings. The Morgan fingerprint density at radius 2 is 0.600 bits per heavy atom. The molecule has 75 heavy (non-hydrogen) atoms. The molecule has 0 unspecified atom stereocenters. The predicted molar refractivity (Wildman–Crippen MR) is 310 cm³/mol. The third-order valence-corrected chi connectivity index (χ3v) is 14.8. The smallest absolute Gasteiger partial charge is 0.145 e. The van der Waals surface area contributed by atoms with Crippen molar-refractivity contribution in [1.29, 1.82) is 0 Å². The van der Waals surface area contributed by atoms with E-state index in [0.717, 1.165) is 107 Å². The fourth-order valence-corrected chi connectivity index (χ4v) is 11.6. The molecule has 11 aromatic carbocycles. The van der Waals surface area contributed by atoms with Gasteiger partial charge in [-0.2, -0.15) is 0 Å². The largest absolute Gasteiger partial charge is 0.309 e. The van der Waals surface area contributed by atoms with Crippen LogP contribution in [0, 0.1) is 0 Å². The maximum absolute atomic E-state index is 5.18. The number of hydrogen-bond donors (Lipinski definition) is 0. The first kappa shape index (κ1) is 42.4. The number of para-hydroxylation sites is 9. The zero-order valence-electron chi connectivity index (χ0n) is 40.6. The van der Waals surface area contributed by atoms with Gasteiger partial charge >= 0.3 is 0 Å². The molecule has 0 aliphatic carbocycles. The van der Waals surface area contributed by atoms with Crippen molar-refractivity contribution in [2.24, 2.45) is 0 Å². The van der Waals surface area contributed by atoms with E-state index in [-0.39, 0.29) is 0 Å². The van der Waals surface area contributed by atoms with Crippen LogP contribution in [-0.4, -0.2) is 28.2 Å². The van der Waals surface area contributed by atoms with Crippen LogP contribution in [0.25, 0.3) is 111 Å². The molecule has 0 saturated carbocycles. The highest BCUT2D eigenvalue weighted by atomic mass is 15.2. The van der Waals surface area contributed by atoms with Gasteiger partial charge in [0.05, 0.1) is 55.5 Å². The van der Waals surface area contributed by atoms with Crippen LogP contribution in [-0.2, 0) is 0 Å². The van der Waals surface area contributed by atoms with Crippen LogP contribution < -0.4 is 4.90 Å². The molecule has 0 aliphatic rings. The molecule has 15 aromatic rings. The Morgan fingerprint density at radius 3 is 1.04 bits per heavy atom. The first-order valence-corrected chi connectivity index (χ1v) is 25.4. The summed E-state index contributed by atoms with van der Waals surface area (Å²) in [5.74, 6) is 1.81. The van der Waals surface area contributed by atoms with E-state index >= 15 is 0 Å². The van der Waals surface area contributed by atoms with E-state index < -0.39 is 0 Å². The number of hydrogen-bond acceptors (Lipinski definition) is 3. The lowest BCUT2D eigenvalue weighted by atomic mass is 10.1. The number of anilines is 3. The molecule has 0 saturated heterocycles. The fourth-order valence-electron chi connectivity index (χ4n) is 11.6. The topological polar surface area (TPSA) is 48.7 Å². The van der Waals surface area contributed by atoms with Gasteiger partial charge in [0.15, 0.2) is 0 Å². The van der Waals surface area contributed by atoms with Gasteiger partial charge in [-0.15, -0.1) is 0 Å². The van der Waals surface area contributed by atoms with E-state index in [2.05, 4.69) is 296 Å². The van der Waals surface area contributed by atoms with E-state index in [4.69, 9.17) is 9.97 Å². The maximum Gasteiger partial charge on any atom is 0.145 e. The van der Waals surface area contributed by atoms with Crippen LogP contribution >= 0.6 is 0 Å². The molecule has 7 heteroatoms. The number of imidazole rings is 2. The third kappa shape index (κ3) is 6.75. The lowest BCUT2D eigenvalue weighted by molar-refractivity contribution is 1.10. The zero-order valence-corrected chi connectivity index (χ0v) is 40.6. The minimum Gasteiger partial charge on any atom is -0.309 e. The molecule has 0 spiro atoms. The first-order valence-electron chi connectivity index (χ1n) is 25.4. The van der Waals surface area contributed by atoms with Crippen LogP contribution in [0.1, 0.15) is 0 Å². The Labute approximate surface area is 432 Å². The molecule has 0 aliphatic heterocycles. The zero-order chi connectivity index (χ0) is 49.4. The summed E-state index contributed by atoms with van der Waals surface area (Å²) in [5.41, 5.74) is 18.2. The van der Waals surface area contributed by atoms with Gasteiger partial charge in [0.2, 0.25) is 0 Å². The quantitative estimate of drug-likeness (QED) is 0.145. The van der Waals surface area contributed by atoms with Gasteiger partial charge in [-0.05, 0) is 146 Å². The lowest BCUT2D eigenvalue weighted by Gasteiger charge is -2.27. The summed E-state index contributed by atoms with van der Waals surface area (Å²) in [6.45, 7) is 0. The molecule has 4 aromatic heterocycles. The molecule has 0 bridgehead atoms. The van der Waals surface area contributed by atoms with Crippen molar-refractivity contribution in [3.63, 3.8) is 0 Å². The monoisotopic (exact) mass is 959 g/mol. The highest BCUT2D eigenvalue weighted by Crippen LogP contribution is 2.48. The second-order valence-corrected chi connectivity index (χ2v) is 19.0. The molecule has 0 N–H and O–H groups in total. The van der Waals surface area contributed by atoms with Crippen LogP contribution in [0.3, 0.4) is 0 Å². The van der Waals surface area contributed by atoms with E-state index in [1.54, 1.807) is 0 Å². The Kier molecular flexibility index (Phi) is 9.75. The van der Waals surface area contributed by atoms with Gasteiger partial charge in [0.25, 0.3) is 0 Å². The molecule has 7 nitrogen and oxygen atoms in total. The highest BCUT2D eigenvalue weighted by Gasteiger charge is 2.25. The van der Waals surface area contributed by atoms with Gasteiger partial charge < -0.3 is 14.0 Å². The van der Waals surface area contributed by atoms with Gasteiger partial charge in [-0.25, -0.2) is 9.97 Å². The van der Waals surface area contributed by atoms with Gasteiger partial charge in [-0.3, -0.25) is 9.13 Å². The van der Waals surface area contributed by atoms with Crippen LogP contribution in [0.2, 0.25) is 0 Å². The maximum atomic E-state index is 5.18. The molecule has 352 valence electrons. The standard InChI is InChI=1S/C68H45N7/c1-4-20-48(21-5-1)73(63-36-18-34-61-65(63)53-26-10-14-30-57(53)71(61)51-42-38-46(39-43-51)67-69-55-28-12-16-32-59(55)74(67)49-22-6-2-7-23-49)64-37-19-35-62-66(64)54-27-11-15-31-58(54)72(62)52-44-40-47(41-45-52)68-70-56-29-13-17-33-60(56)75(68)50-24-8-3-9-25-50/h1-45H. The average Bonchev–Trinajstić information content (AvgIpc) is 4.25. The number of nitrogens with zero attached hydrogens (tertiary/aromatic N) is 7. The normalized spacial score (nSPS) is 11.7. The number of fused-ring (bicyclic) bond motifs is 8. The molecule has 15 rings (SSSR count). The van der Waals surface area contributed by atoms with Crippen molar-refractivity contribution in [1.82, 2.24) is 28.2 Å². The molecule has 0 amide bonds. The Morgan fingerprint density at radius 1 is 0.253 bits per heavy atom. The van der Waals surface area contributed by atoms with Crippen molar-refractivity contribution in [3.05, 3.63) is 273 Å². The first-order chi connectivity index (χ1) is 37.2. The van der Waals surface area contributed by atoms with E-state index in [0.29, 0.717) is 0 Å². The van der Waals surface area contributed by atoms with Crippen molar-refractivity contribution in [2.75, 3.05) is 4.90 Å². The average molecular weight is 960 g/mol. The number of benzene rings is 11. The van der Waals surface area contributed by atoms with E-state index in [1.165, 1.54) is 21.5 Å². The minimum absolute atomic E-state index is 0.907. The molecule has 0 radical (unpaired) electrons. The van der Waals surface area contributed by atoms with Gasteiger partial charge in [-0.1, -0.05) is 127 Å². The molecular weight excluding hydrogens is 915 g/mol. The highest BCUT2D eigenvalue weighted by molar-refractivity contribution is 6.20.